The van der Waals surface area contributed by atoms with Crippen molar-refractivity contribution in [2.24, 2.45) is 0 Å². The summed E-state index contributed by atoms with van der Waals surface area (Å²) in [5, 5.41) is 3.82. The quantitative estimate of drug-likeness (QED) is 0.678. The lowest BCUT2D eigenvalue weighted by atomic mass is 10.3. The van der Waals surface area contributed by atoms with Gasteiger partial charge in [-0.15, -0.1) is 0 Å². The molecule has 0 N–H and O–H groups in total. The minimum absolute atomic E-state index is 0.122. The second kappa shape index (κ2) is 3.91. The van der Waals surface area contributed by atoms with Crippen molar-refractivity contribution >= 4 is 17.4 Å². The van der Waals surface area contributed by atoms with Gasteiger partial charge in [0.1, 0.15) is 0 Å². The van der Waals surface area contributed by atoms with E-state index < -0.39 is 5.51 Å². The summed E-state index contributed by atoms with van der Waals surface area (Å²) in [5.41, 5.74) is -3.54. The minimum atomic E-state index is -4.22. The van der Waals surface area contributed by atoms with Crippen molar-refractivity contribution in [2.75, 3.05) is 7.05 Å². The summed E-state index contributed by atoms with van der Waals surface area (Å²) < 4.78 is 35.6. The van der Waals surface area contributed by atoms with Gasteiger partial charge in [-0.3, -0.25) is 5.32 Å². The van der Waals surface area contributed by atoms with Gasteiger partial charge in [-0.1, -0.05) is 0 Å². The Labute approximate surface area is 78.3 Å². The molecule has 0 spiro atoms. The third-order valence-corrected chi connectivity index (χ3v) is 2.07. The topological polar surface area (TPSA) is 14.1 Å². The van der Waals surface area contributed by atoms with Crippen molar-refractivity contribution in [3.8, 4) is 0 Å². The van der Waals surface area contributed by atoms with Gasteiger partial charge in [-0.25, -0.2) is 0 Å². The molecular weight excluding hydrogens is 199 g/mol. The van der Waals surface area contributed by atoms with Crippen LogP contribution < -0.4 is 5.32 Å². The van der Waals surface area contributed by atoms with Crippen LogP contribution in [-0.2, 0) is 0 Å². The smallest absolute Gasteiger partial charge is 0.289 e. The molecule has 0 saturated carbocycles. The van der Waals surface area contributed by atoms with E-state index in [-0.39, 0.29) is 16.7 Å². The SMILES string of the molecule is C[N]c1ccc(SC(F)(F)F)cc1. The molecule has 0 bridgehead atoms. The first kappa shape index (κ1) is 10.2. The molecule has 5 heteroatoms. The predicted octanol–water partition coefficient (Wildman–Crippen LogP) is 3.16. The Morgan fingerprint density at radius 1 is 1.15 bits per heavy atom. The lowest BCUT2D eigenvalue weighted by Gasteiger charge is -2.05. The van der Waals surface area contributed by atoms with Gasteiger partial charge >= 0.3 is 5.51 Å². The van der Waals surface area contributed by atoms with Gasteiger partial charge < -0.3 is 0 Å². The Morgan fingerprint density at radius 2 is 1.69 bits per heavy atom. The number of benzene rings is 1. The van der Waals surface area contributed by atoms with E-state index in [9.17, 15) is 13.2 Å². The maximum Gasteiger partial charge on any atom is 0.446 e. The van der Waals surface area contributed by atoms with E-state index in [1.165, 1.54) is 12.1 Å². The highest BCUT2D eigenvalue weighted by molar-refractivity contribution is 8.00. The summed E-state index contributed by atoms with van der Waals surface area (Å²) in [5.74, 6) is 0. The first-order chi connectivity index (χ1) is 6.01. The third kappa shape index (κ3) is 3.59. The fourth-order valence-corrected chi connectivity index (χ4v) is 1.34. The number of hydrogen-bond donors (Lipinski definition) is 0. The minimum Gasteiger partial charge on any atom is -0.289 e. The number of halogens is 3. The number of nitrogens with zero attached hydrogens (tertiary/aromatic N) is 1. The molecule has 1 nitrogen and oxygen atoms in total. The van der Waals surface area contributed by atoms with E-state index >= 15 is 0 Å². The van der Waals surface area contributed by atoms with Gasteiger partial charge in [-0.2, -0.15) is 13.2 Å². The predicted molar refractivity (Wildman–Crippen MR) is 46.1 cm³/mol. The van der Waals surface area contributed by atoms with Crippen LogP contribution >= 0.6 is 11.8 Å². The largest absolute Gasteiger partial charge is 0.446 e. The fourth-order valence-electron chi connectivity index (χ4n) is 0.797. The van der Waals surface area contributed by atoms with Gasteiger partial charge in [0.15, 0.2) is 0 Å². The molecule has 0 aliphatic heterocycles. The normalized spacial score (nSPS) is 11.4. The number of hydrogen-bond acceptors (Lipinski definition) is 1. The molecule has 71 valence electrons. The average molecular weight is 206 g/mol. The van der Waals surface area contributed by atoms with Crippen molar-refractivity contribution in [2.45, 2.75) is 10.4 Å². The van der Waals surface area contributed by atoms with Crippen LogP contribution in [0.25, 0.3) is 0 Å². The van der Waals surface area contributed by atoms with E-state index in [0.717, 1.165) is 0 Å². The molecule has 0 amide bonds. The maximum atomic E-state index is 11.9. The second-order valence-corrected chi connectivity index (χ2v) is 3.40. The van der Waals surface area contributed by atoms with Crippen LogP contribution in [0.1, 0.15) is 0 Å². The molecule has 0 aromatic heterocycles. The average Bonchev–Trinajstić information content (AvgIpc) is 2.03. The molecule has 0 heterocycles. The molecule has 1 radical (unpaired) electrons. The van der Waals surface area contributed by atoms with Crippen LogP contribution in [0.15, 0.2) is 29.2 Å². The van der Waals surface area contributed by atoms with Crippen molar-refractivity contribution in [3.05, 3.63) is 24.3 Å². The molecule has 1 rings (SSSR count). The van der Waals surface area contributed by atoms with Gasteiger partial charge in [0.05, 0.1) is 5.69 Å². The van der Waals surface area contributed by atoms with Crippen LogP contribution in [0.4, 0.5) is 18.9 Å². The highest BCUT2D eigenvalue weighted by Crippen LogP contribution is 2.36. The van der Waals surface area contributed by atoms with Crippen molar-refractivity contribution in [3.63, 3.8) is 0 Å². The zero-order valence-electron chi connectivity index (χ0n) is 6.80. The number of rotatable bonds is 2. The summed E-state index contributed by atoms with van der Waals surface area (Å²) in [6.07, 6.45) is 0. The Morgan fingerprint density at radius 3 is 2.08 bits per heavy atom. The van der Waals surface area contributed by atoms with Crippen molar-refractivity contribution in [1.82, 2.24) is 5.32 Å². The highest BCUT2D eigenvalue weighted by atomic mass is 32.2. The lowest BCUT2D eigenvalue weighted by molar-refractivity contribution is -0.0328. The van der Waals surface area contributed by atoms with E-state index in [1.54, 1.807) is 19.2 Å². The molecule has 0 aliphatic carbocycles. The Kier molecular flexibility index (Phi) is 3.08. The molecule has 0 atom stereocenters. The van der Waals surface area contributed by atoms with Crippen LogP contribution in [0.2, 0.25) is 0 Å². The zero-order valence-corrected chi connectivity index (χ0v) is 7.62. The summed E-state index contributed by atoms with van der Waals surface area (Å²) >= 11 is -0.122. The van der Waals surface area contributed by atoms with Crippen molar-refractivity contribution in [1.29, 1.82) is 0 Å². The molecule has 13 heavy (non-hydrogen) atoms. The fraction of sp³-hybridized carbons (Fsp3) is 0.250. The van der Waals surface area contributed by atoms with E-state index in [4.69, 9.17) is 0 Å². The molecule has 0 unspecified atom stereocenters. The van der Waals surface area contributed by atoms with E-state index in [1.807, 2.05) is 0 Å². The Balaban J connectivity index is 2.70. The summed E-state index contributed by atoms with van der Waals surface area (Å²) in [6, 6.07) is 5.91. The van der Waals surface area contributed by atoms with Crippen LogP contribution in [0.5, 0.6) is 0 Å². The highest BCUT2D eigenvalue weighted by Gasteiger charge is 2.28. The molecule has 0 fully saturated rings. The summed E-state index contributed by atoms with van der Waals surface area (Å²) in [7, 11) is 1.59. The molecule has 1 aromatic carbocycles. The number of alkyl halides is 3. The molecule has 1 aromatic rings. The van der Waals surface area contributed by atoms with Crippen LogP contribution in [-0.4, -0.2) is 12.6 Å². The zero-order chi connectivity index (χ0) is 9.90. The molecule has 0 aliphatic rings. The Bertz CT molecular complexity index is 268. The van der Waals surface area contributed by atoms with Crippen LogP contribution in [0.3, 0.4) is 0 Å². The molecule has 0 saturated heterocycles. The standard InChI is InChI=1S/C8H7F3NS/c1-12-6-2-4-7(5-3-6)13-8(9,10)11/h2-5H,1H3. The Hall–Kier alpha value is -0.840. The first-order valence-electron chi connectivity index (χ1n) is 3.47. The van der Waals surface area contributed by atoms with Gasteiger partial charge in [-0.05, 0) is 36.0 Å². The maximum absolute atomic E-state index is 11.9. The third-order valence-electron chi connectivity index (χ3n) is 1.33. The summed E-state index contributed by atoms with van der Waals surface area (Å²) in [4.78, 5) is 0.180. The van der Waals surface area contributed by atoms with E-state index in [2.05, 4.69) is 5.32 Å². The van der Waals surface area contributed by atoms with Crippen LogP contribution in [0, 0.1) is 0 Å². The lowest BCUT2D eigenvalue weighted by Crippen LogP contribution is -1.98. The van der Waals surface area contributed by atoms with Gasteiger partial charge in [0, 0.05) is 11.9 Å². The van der Waals surface area contributed by atoms with Crippen molar-refractivity contribution < 1.29 is 13.2 Å². The first-order valence-corrected chi connectivity index (χ1v) is 4.28. The van der Waals surface area contributed by atoms with E-state index in [0.29, 0.717) is 5.69 Å². The number of thioether (sulfide) groups is 1. The second-order valence-electron chi connectivity index (χ2n) is 2.27. The monoisotopic (exact) mass is 206 g/mol. The van der Waals surface area contributed by atoms with Gasteiger partial charge in [0.2, 0.25) is 0 Å². The van der Waals surface area contributed by atoms with Gasteiger partial charge in [0.25, 0.3) is 0 Å². The summed E-state index contributed by atoms with van der Waals surface area (Å²) in [6.45, 7) is 0. The molecular formula is C8H7F3NS.